The van der Waals surface area contributed by atoms with Crippen molar-refractivity contribution in [1.82, 2.24) is 19.3 Å². The molecule has 0 saturated heterocycles. The number of hydrogen-bond acceptors (Lipinski definition) is 6. The Balaban J connectivity index is 1.26. The Hall–Kier alpha value is -5.25. The van der Waals surface area contributed by atoms with Crippen LogP contribution in [0.15, 0.2) is 91.5 Å². The fraction of sp³-hybridized carbons (Fsp3) is 0. The Morgan fingerprint density at radius 2 is 1.83 bits per heavy atom. The monoisotopic (exact) mass is 466 g/mol. The van der Waals surface area contributed by atoms with Crippen molar-refractivity contribution in [3.8, 4) is 17.1 Å². The Labute approximate surface area is 198 Å². The molecule has 5 rings (SSSR count). The summed E-state index contributed by atoms with van der Waals surface area (Å²) in [5, 5.41) is 24.2. The Morgan fingerprint density at radius 3 is 2.51 bits per heavy atom. The first-order valence-corrected chi connectivity index (χ1v) is 10.5. The lowest BCUT2D eigenvalue weighted by Gasteiger charge is -2.05. The van der Waals surface area contributed by atoms with Crippen LogP contribution in [0.3, 0.4) is 0 Å². The first-order chi connectivity index (χ1) is 17.0. The topological polar surface area (TPSA) is 128 Å². The van der Waals surface area contributed by atoms with Crippen LogP contribution in [0.1, 0.15) is 5.56 Å². The van der Waals surface area contributed by atoms with Gasteiger partial charge in [-0.1, -0.05) is 12.1 Å². The normalized spacial score (nSPS) is 11.2. The van der Waals surface area contributed by atoms with Crippen molar-refractivity contribution in [2.75, 3.05) is 5.32 Å². The van der Waals surface area contributed by atoms with Crippen LogP contribution in [0.2, 0.25) is 0 Å². The largest absolute Gasteiger partial charge is 0.426 e. The van der Waals surface area contributed by atoms with Crippen molar-refractivity contribution >= 4 is 34.4 Å². The van der Waals surface area contributed by atoms with Gasteiger partial charge in [0.15, 0.2) is 5.82 Å². The quantitative estimate of drug-likeness (QED) is 0.162. The number of benzene rings is 3. The number of fused-ring (bicyclic) bond motifs is 1. The number of aromatic nitrogens is 4. The van der Waals surface area contributed by atoms with Crippen molar-refractivity contribution in [2.24, 2.45) is 0 Å². The van der Waals surface area contributed by atoms with Crippen molar-refractivity contribution in [3.63, 3.8) is 0 Å². The van der Waals surface area contributed by atoms with E-state index in [1.807, 2.05) is 35.0 Å². The number of carbonyl (C=O) groups excluding carboxylic acids is 1. The third kappa shape index (κ3) is 4.48. The fourth-order valence-corrected chi connectivity index (χ4v) is 3.58. The number of imidazole rings is 2. The summed E-state index contributed by atoms with van der Waals surface area (Å²) in [7, 11) is 0. The van der Waals surface area contributed by atoms with Crippen LogP contribution in [0.25, 0.3) is 34.2 Å². The van der Waals surface area contributed by atoms with E-state index in [2.05, 4.69) is 15.3 Å². The van der Waals surface area contributed by atoms with E-state index in [-0.39, 0.29) is 22.9 Å². The highest BCUT2D eigenvalue weighted by molar-refractivity contribution is 6.02. The van der Waals surface area contributed by atoms with E-state index in [9.17, 15) is 20.1 Å². The molecule has 0 aliphatic carbocycles. The minimum absolute atomic E-state index is 0.139. The average Bonchev–Trinajstić information content (AvgIpc) is 3.52. The zero-order valence-electron chi connectivity index (χ0n) is 18.1. The van der Waals surface area contributed by atoms with E-state index in [0.29, 0.717) is 16.8 Å². The van der Waals surface area contributed by atoms with Crippen molar-refractivity contribution in [3.05, 3.63) is 107 Å². The molecule has 0 aliphatic heterocycles. The van der Waals surface area contributed by atoms with Gasteiger partial charge in [-0.15, -0.1) is 0 Å². The molecule has 0 spiro atoms. The summed E-state index contributed by atoms with van der Waals surface area (Å²) >= 11 is 0. The van der Waals surface area contributed by atoms with E-state index < -0.39 is 4.92 Å². The molecule has 0 fully saturated rings. The minimum Gasteiger partial charge on any atom is -0.426 e. The van der Waals surface area contributed by atoms with Gasteiger partial charge < -0.3 is 15.1 Å². The Morgan fingerprint density at radius 1 is 1.06 bits per heavy atom. The highest BCUT2D eigenvalue weighted by Gasteiger charge is 2.15. The predicted octanol–water partition coefficient (Wildman–Crippen LogP) is 4.69. The van der Waals surface area contributed by atoms with Gasteiger partial charge in [0, 0.05) is 47.5 Å². The van der Waals surface area contributed by atoms with Crippen LogP contribution in [0, 0.1) is 10.1 Å². The number of nitrogens with zero attached hydrogens (tertiary/aromatic N) is 5. The molecule has 5 aromatic rings. The third-order valence-electron chi connectivity index (χ3n) is 5.36. The van der Waals surface area contributed by atoms with Gasteiger partial charge in [-0.2, -0.15) is 4.73 Å². The number of nitrogens with one attached hydrogen (secondary N) is 1. The van der Waals surface area contributed by atoms with E-state index in [0.717, 1.165) is 16.0 Å². The third-order valence-corrected chi connectivity index (χ3v) is 5.36. The van der Waals surface area contributed by atoms with E-state index in [4.69, 9.17) is 0 Å². The zero-order valence-corrected chi connectivity index (χ0v) is 18.1. The molecule has 10 nitrogen and oxygen atoms in total. The molecule has 0 atom stereocenters. The number of anilines is 1. The van der Waals surface area contributed by atoms with Crippen LogP contribution in [0.4, 0.5) is 11.4 Å². The molecule has 2 N–H and O–H groups in total. The molecule has 0 bridgehead atoms. The maximum Gasteiger partial charge on any atom is 0.271 e. The second-order valence-electron chi connectivity index (χ2n) is 7.64. The minimum atomic E-state index is -0.533. The molecule has 35 heavy (non-hydrogen) atoms. The van der Waals surface area contributed by atoms with Crippen LogP contribution in [0.5, 0.6) is 0 Å². The van der Waals surface area contributed by atoms with E-state index >= 15 is 0 Å². The standard InChI is InChI=1S/C25H18N6O4/c32-24(12-3-17-1-8-20(9-2-17)29-14-13-26-16-29)27-19-6-4-18(5-7-19)25-28-22-11-10-21(31(34)35)15-23(22)30(25)33/h1-16,33H,(H,27,32). The summed E-state index contributed by atoms with van der Waals surface area (Å²) in [6.45, 7) is 0. The Kier molecular flexibility index (Phi) is 5.52. The molecular formula is C25H18N6O4. The van der Waals surface area contributed by atoms with E-state index in [1.54, 1.807) is 42.9 Å². The number of non-ortho nitro benzene ring substituents is 1. The van der Waals surface area contributed by atoms with Crippen molar-refractivity contribution < 1.29 is 14.9 Å². The Bertz CT molecular complexity index is 1550. The van der Waals surface area contributed by atoms with Crippen LogP contribution in [-0.2, 0) is 4.79 Å². The van der Waals surface area contributed by atoms with Crippen LogP contribution in [-0.4, -0.2) is 35.3 Å². The summed E-state index contributed by atoms with van der Waals surface area (Å²) in [6, 6.07) is 18.5. The second kappa shape index (κ2) is 8.94. The van der Waals surface area contributed by atoms with Gasteiger partial charge in [0.2, 0.25) is 5.91 Å². The lowest BCUT2D eigenvalue weighted by Crippen LogP contribution is -2.07. The lowest BCUT2D eigenvalue weighted by molar-refractivity contribution is -0.384. The van der Waals surface area contributed by atoms with Crippen LogP contribution >= 0.6 is 0 Å². The average molecular weight is 466 g/mol. The zero-order chi connectivity index (χ0) is 24.4. The summed E-state index contributed by atoms with van der Waals surface area (Å²) in [5.41, 5.74) is 3.51. The van der Waals surface area contributed by atoms with Crippen molar-refractivity contribution in [2.45, 2.75) is 0 Å². The first kappa shape index (κ1) is 21.6. The molecule has 0 unspecified atom stereocenters. The fourth-order valence-electron chi connectivity index (χ4n) is 3.58. The van der Waals surface area contributed by atoms with Gasteiger partial charge >= 0.3 is 0 Å². The first-order valence-electron chi connectivity index (χ1n) is 10.5. The number of nitro groups is 1. The summed E-state index contributed by atoms with van der Waals surface area (Å²) in [6.07, 6.45) is 8.44. The van der Waals surface area contributed by atoms with Crippen molar-refractivity contribution in [1.29, 1.82) is 0 Å². The number of nitro benzene ring substituents is 1. The molecule has 0 aliphatic rings. The van der Waals surface area contributed by atoms with E-state index in [1.165, 1.54) is 24.3 Å². The second-order valence-corrected chi connectivity index (χ2v) is 7.64. The molecular weight excluding hydrogens is 448 g/mol. The summed E-state index contributed by atoms with van der Waals surface area (Å²) in [5.74, 6) is -0.0597. The number of carbonyl (C=O) groups is 1. The van der Waals surface area contributed by atoms with Gasteiger partial charge in [0.1, 0.15) is 5.52 Å². The van der Waals surface area contributed by atoms with Gasteiger partial charge in [-0.25, -0.2) is 9.97 Å². The van der Waals surface area contributed by atoms with Gasteiger partial charge in [0.05, 0.1) is 16.8 Å². The molecule has 0 saturated carbocycles. The molecule has 3 aromatic carbocycles. The maximum absolute atomic E-state index is 12.3. The van der Waals surface area contributed by atoms with Gasteiger partial charge in [0.25, 0.3) is 5.69 Å². The number of rotatable bonds is 6. The molecule has 2 heterocycles. The SMILES string of the molecule is O=C(C=Cc1ccc(-n2ccnc2)cc1)Nc1ccc(-c2nc3ccc([N+](=O)[O-])cc3n2O)cc1. The highest BCUT2D eigenvalue weighted by Crippen LogP contribution is 2.27. The smallest absolute Gasteiger partial charge is 0.271 e. The molecule has 172 valence electrons. The summed E-state index contributed by atoms with van der Waals surface area (Å²) < 4.78 is 2.70. The number of amides is 1. The van der Waals surface area contributed by atoms with Gasteiger partial charge in [-0.05, 0) is 54.1 Å². The highest BCUT2D eigenvalue weighted by atomic mass is 16.6. The molecule has 2 aromatic heterocycles. The maximum atomic E-state index is 12.3. The summed E-state index contributed by atoms with van der Waals surface area (Å²) in [4.78, 5) is 31.2. The molecule has 1 amide bonds. The lowest BCUT2D eigenvalue weighted by atomic mass is 10.2. The number of hydrogen-bond donors (Lipinski definition) is 2. The molecule has 10 heteroatoms. The van der Waals surface area contributed by atoms with Crippen LogP contribution < -0.4 is 5.32 Å². The van der Waals surface area contributed by atoms with Gasteiger partial charge in [-0.3, -0.25) is 14.9 Å². The molecule has 0 radical (unpaired) electrons. The predicted molar refractivity (Wildman–Crippen MR) is 130 cm³/mol.